The lowest BCUT2D eigenvalue weighted by Gasteiger charge is -2.27. The molecule has 180 valence electrons. The second-order valence-electron chi connectivity index (χ2n) is 8.58. The lowest BCUT2D eigenvalue weighted by molar-refractivity contribution is -0.118. The smallest absolute Gasteiger partial charge is 0.256 e. The van der Waals surface area contributed by atoms with Crippen molar-refractivity contribution in [2.24, 2.45) is 0 Å². The number of nitrogens with zero attached hydrogens (tertiary/aromatic N) is 1. The maximum absolute atomic E-state index is 12.9. The largest absolute Gasteiger partial charge is 0.489 e. The van der Waals surface area contributed by atoms with Crippen molar-refractivity contribution in [1.82, 2.24) is 15.6 Å². The van der Waals surface area contributed by atoms with Crippen molar-refractivity contribution < 1.29 is 14.3 Å². The molecule has 1 amide bonds. The highest BCUT2D eigenvalue weighted by Crippen LogP contribution is 2.26. The van der Waals surface area contributed by atoms with Gasteiger partial charge in [0.1, 0.15) is 17.3 Å². The number of hydrogen-bond donors (Lipinski definition) is 3. The minimum absolute atomic E-state index is 0.0119. The van der Waals surface area contributed by atoms with Crippen LogP contribution in [0.1, 0.15) is 37.3 Å². The maximum atomic E-state index is 12.9. The molecule has 4 rings (SSSR count). The highest BCUT2D eigenvalue weighted by atomic mass is 35.5. The number of rotatable bonds is 8. The summed E-state index contributed by atoms with van der Waals surface area (Å²) in [6, 6.07) is 7.45. The van der Waals surface area contributed by atoms with E-state index in [4.69, 9.17) is 33.3 Å². The number of anilines is 1. The van der Waals surface area contributed by atoms with Gasteiger partial charge >= 0.3 is 0 Å². The summed E-state index contributed by atoms with van der Waals surface area (Å²) in [5.41, 5.74) is 3.81. The van der Waals surface area contributed by atoms with Crippen molar-refractivity contribution in [3.63, 3.8) is 0 Å². The molecule has 0 spiro atoms. The van der Waals surface area contributed by atoms with E-state index in [0.29, 0.717) is 40.9 Å². The van der Waals surface area contributed by atoms with E-state index in [9.17, 15) is 4.79 Å². The fraction of sp³-hybridized carbons (Fsp3) is 0.400. The van der Waals surface area contributed by atoms with E-state index >= 15 is 0 Å². The van der Waals surface area contributed by atoms with Gasteiger partial charge in [-0.2, -0.15) is 0 Å². The molecule has 0 radical (unpaired) electrons. The van der Waals surface area contributed by atoms with Crippen LogP contribution in [0.4, 0.5) is 5.69 Å². The van der Waals surface area contributed by atoms with Crippen molar-refractivity contribution in [1.29, 1.82) is 0 Å². The van der Waals surface area contributed by atoms with Gasteiger partial charge in [-0.05, 0) is 50.5 Å². The third-order valence-corrected chi connectivity index (χ3v) is 6.69. The standard InChI is InChI=1S/C25H29ClN4O3S/c1-15-11-21(23(24(31)29-15)25(34)30-20-7-3-6-19(26)16(20)2)28-12-17-8-9-27-13-22(17)33-14-18-5-4-10-32-18/h3,6-9,13,15,18,28H,4-5,10-12,14H2,1-2H3,(H,29,31)(H,30,34)/t15-,18+/m1/s1. The molecule has 2 aliphatic heterocycles. The summed E-state index contributed by atoms with van der Waals surface area (Å²) in [5, 5.41) is 10.2. The summed E-state index contributed by atoms with van der Waals surface area (Å²) in [7, 11) is 0. The zero-order chi connectivity index (χ0) is 24.1. The summed E-state index contributed by atoms with van der Waals surface area (Å²) in [6.07, 6.45) is 6.27. The number of aromatic nitrogens is 1. The van der Waals surface area contributed by atoms with Crippen molar-refractivity contribution in [3.8, 4) is 5.75 Å². The number of amides is 1. The first-order valence-electron chi connectivity index (χ1n) is 11.4. The van der Waals surface area contributed by atoms with E-state index in [0.717, 1.165) is 42.0 Å². The van der Waals surface area contributed by atoms with Gasteiger partial charge in [0.15, 0.2) is 0 Å². The van der Waals surface area contributed by atoms with Crippen LogP contribution >= 0.6 is 23.8 Å². The Labute approximate surface area is 210 Å². The quantitative estimate of drug-likeness (QED) is 0.466. The number of carbonyl (C=O) groups excluding carboxylic acids is 1. The molecule has 9 heteroatoms. The van der Waals surface area contributed by atoms with Crippen molar-refractivity contribution >= 4 is 40.4 Å². The molecule has 1 aromatic heterocycles. The molecule has 34 heavy (non-hydrogen) atoms. The van der Waals surface area contributed by atoms with Crippen molar-refractivity contribution in [2.45, 2.75) is 51.8 Å². The van der Waals surface area contributed by atoms with Crippen molar-refractivity contribution in [2.75, 3.05) is 18.5 Å². The molecular formula is C25H29ClN4O3S. The summed E-state index contributed by atoms with van der Waals surface area (Å²) in [6.45, 7) is 5.64. The predicted octanol–water partition coefficient (Wildman–Crippen LogP) is 4.29. The average Bonchev–Trinajstić information content (AvgIpc) is 3.33. The first-order chi connectivity index (χ1) is 16.4. The van der Waals surface area contributed by atoms with Gasteiger partial charge in [0, 0.05) is 53.8 Å². The molecule has 0 saturated carbocycles. The van der Waals surface area contributed by atoms with E-state index < -0.39 is 0 Å². The minimum Gasteiger partial charge on any atom is -0.489 e. The Morgan fingerprint density at radius 3 is 3.03 bits per heavy atom. The Hall–Kier alpha value is -2.68. The van der Waals surface area contributed by atoms with E-state index in [1.807, 2.05) is 38.1 Å². The van der Waals surface area contributed by atoms with Crippen LogP contribution in [0.5, 0.6) is 5.75 Å². The lowest BCUT2D eigenvalue weighted by atomic mass is 10.0. The molecule has 0 aliphatic carbocycles. The van der Waals surface area contributed by atoms with E-state index in [1.165, 1.54) is 0 Å². The van der Waals surface area contributed by atoms with Gasteiger partial charge in [0.05, 0.1) is 17.9 Å². The molecule has 0 bridgehead atoms. The highest BCUT2D eigenvalue weighted by Gasteiger charge is 2.28. The number of nitrogens with one attached hydrogen (secondary N) is 3. The van der Waals surface area contributed by atoms with E-state index in [2.05, 4.69) is 20.9 Å². The molecule has 1 fully saturated rings. The molecule has 0 unspecified atom stereocenters. The van der Waals surface area contributed by atoms with Crippen LogP contribution < -0.4 is 20.7 Å². The summed E-state index contributed by atoms with van der Waals surface area (Å²) >= 11 is 11.9. The third-order valence-electron chi connectivity index (χ3n) is 5.97. The zero-order valence-electron chi connectivity index (χ0n) is 19.3. The number of thiocarbonyl (C=S) groups is 1. The van der Waals surface area contributed by atoms with E-state index in [-0.39, 0.29) is 18.1 Å². The minimum atomic E-state index is -0.206. The Morgan fingerprint density at radius 2 is 2.24 bits per heavy atom. The van der Waals surface area contributed by atoms with Crippen LogP contribution in [-0.2, 0) is 16.1 Å². The average molecular weight is 501 g/mol. The topological polar surface area (TPSA) is 84.5 Å². The monoisotopic (exact) mass is 500 g/mol. The van der Waals surface area contributed by atoms with Crippen molar-refractivity contribution in [3.05, 3.63) is 64.1 Å². The highest BCUT2D eigenvalue weighted by molar-refractivity contribution is 7.81. The summed E-state index contributed by atoms with van der Waals surface area (Å²) in [5.74, 6) is 0.499. The number of pyridine rings is 1. The Bertz CT molecular complexity index is 1100. The first kappa shape index (κ1) is 24.4. The van der Waals surface area contributed by atoms with Gasteiger partial charge < -0.3 is 25.4 Å². The molecule has 3 N–H and O–H groups in total. The normalized spacial score (nSPS) is 20.1. The van der Waals surface area contributed by atoms with Crippen LogP contribution in [0.3, 0.4) is 0 Å². The Kier molecular flexibility index (Phi) is 8.03. The molecule has 7 nitrogen and oxygen atoms in total. The number of ether oxygens (including phenoxy) is 2. The molecule has 2 atom stereocenters. The Balaban J connectivity index is 1.51. The summed E-state index contributed by atoms with van der Waals surface area (Å²) < 4.78 is 11.7. The van der Waals surface area contributed by atoms with Crippen LogP contribution in [0.2, 0.25) is 5.02 Å². The second-order valence-corrected chi connectivity index (χ2v) is 9.40. The van der Waals surface area contributed by atoms with Crippen LogP contribution in [0.15, 0.2) is 47.9 Å². The molecule has 1 aromatic carbocycles. The fourth-order valence-corrected chi connectivity index (χ4v) is 4.57. The van der Waals surface area contributed by atoms with Gasteiger partial charge in [-0.25, -0.2) is 0 Å². The van der Waals surface area contributed by atoms with Gasteiger partial charge in [-0.3, -0.25) is 9.78 Å². The van der Waals surface area contributed by atoms with Gasteiger partial charge in [0.25, 0.3) is 5.91 Å². The number of hydrogen-bond acceptors (Lipinski definition) is 6. The maximum Gasteiger partial charge on any atom is 0.256 e. The SMILES string of the molecule is Cc1c(Cl)cccc1NC(=S)C1=C(NCc2ccncc2OC[C@@H]2CCCO2)C[C@@H](C)NC1=O. The predicted molar refractivity (Wildman–Crippen MR) is 137 cm³/mol. The van der Waals surface area contributed by atoms with E-state index in [1.54, 1.807) is 12.4 Å². The van der Waals surface area contributed by atoms with Crippen LogP contribution in [-0.4, -0.2) is 41.2 Å². The second kappa shape index (κ2) is 11.2. The van der Waals surface area contributed by atoms with Gasteiger partial charge in [-0.1, -0.05) is 29.9 Å². The molecule has 2 aromatic rings. The lowest BCUT2D eigenvalue weighted by Crippen LogP contribution is -2.44. The molecule has 3 heterocycles. The third kappa shape index (κ3) is 5.87. The fourth-order valence-electron chi connectivity index (χ4n) is 4.07. The van der Waals surface area contributed by atoms with Crippen LogP contribution in [0, 0.1) is 6.92 Å². The molecule has 1 saturated heterocycles. The summed E-state index contributed by atoms with van der Waals surface area (Å²) in [4.78, 5) is 17.5. The zero-order valence-corrected chi connectivity index (χ0v) is 20.9. The first-order valence-corrected chi connectivity index (χ1v) is 12.2. The molecular weight excluding hydrogens is 472 g/mol. The molecule has 2 aliphatic rings. The van der Waals surface area contributed by atoms with Gasteiger partial charge in [-0.15, -0.1) is 0 Å². The van der Waals surface area contributed by atoms with Gasteiger partial charge in [0.2, 0.25) is 0 Å². The number of halogens is 1. The Morgan fingerprint density at radius 1 is 1.38 bits per heavy atom. The number of carbonyl (C=O) groups is 1. The number of benzene rings is 1. The van der Waals surface area contributed by atoms with Crippen LogP contribution in [0.25, 0.3) is 0 Å².